The Bertz CT molecular complexity index is 1360. The number of benzene rings is 2. The minimum absolute atomic E-state index is 0.361. The Hall–Kier alpha value is -2.98. The molecule has 10 heteroatoms. The summed E-state index contributed by atoms with van der Waals surface area (Å²) in [6.07, 6.45) is 2.74. The summed E-state index contributed by atoms with van der Waals surface area (Å²) >= 11 is 5.28. The molecule has 4 rings (SSSR count). The van der Waals surface area contributed by atoms with E-state index in [2.05, 4.69) is 59.1 Å². The second kappa shape index (κ2) is 13.4. The van der Waals surface area contributed by atoms with Crippen LogP contribution in [-0.2, 0) is 16.1 Å². The van der Waals surface area contributed by atoms with E-state index in [1.807, 2.05) is 31.2 Å². The SMILES string of the molecule is CCCCOC(=O)C1=C(C)Nc2nc(SCCC)nn2C1c1cc(Br)c(OCc2cccc(C)c2)c(OC)c1. The topological polar surface area (TPSA) is 87.5 Å². The molecule has 0 aliphatic carbocycles. The van der Waals surface area contributed by atoms with Crippen LogP contribution in [0.25, 0.3) is 0 Å². The second-order valence-electron chi connectivity index (χ2n) is 9.38. The number of hydrogen-bond acceptors (Lipinski definition) is 8. The molecule has 0 radical (unpaired) electrons. The van der Waals surface area contributed by atoms with Gasteiger partial charge < -0.3 is 19.5 Å². The highest BCUT2D eigenvalue weighted by atomic mass is 79.9. The van der Waals surface area contributed by atoms with Crippen LogP contribution in [0.1, 0.15) is 62.8 Å². The summed E-state index contributed by atoms with van der Waals surface area (Å²) in [6.45, 7) is 8.85. The van der Waals surface area contributed by atoms with Crippen LogP contribution in [0.5, 0.6) is 11.5 Å². The summed E-state index contributed by atoms with van der Waals surface area (Å²) in [5.41, 5.74) is 4.19. The average molecular weight is 616 g/mol. The first-order chi connectivity index (χ1) is 18.9. The van der Waals surface area contributed by atoms with Crippen molar-refractivity contribution >= 4 is 39.6 Å². The van der Waals surface area contributed by atoms with Gasteiger partial charge in [-0.3, -0.25) is 0 Å². The van der Waals surface area contributed by atoms with Crippen molar-refractivity contribution in [2.75, 3.05) is 24.8 Å². The summed E-state index contributed by atoms with van der Waals surface area (Å²) in [5.74, 6) is 2.23. The first kappa shape index (κ1) is 29.0. The van der Waals surface area contributed by atoms with Gasteiger partial charge in [0.1, 0.15) is 12.6 Å². The predicted octanol–water partition coefficient (Wildman–Crippen LogP) is 7.07. The van der Waals surface area contributed by atoms with Gasteiger partial charge in [-0.1, -0.05) is 61.9 Å². The molecule has 1 atom stereocenters. The Morgan fingerprint density at radius 1 is 1.18 bits per heavy atom. The predicted molar refractivity (Wildman–Crippen MR) is 158 cm³/mol. The highest BCUT2D eigenvalue weighted by Crippen LogP contribution is 2.43. The maximum absolute atomic E-state index is 13.4. The number of ether oxygens (including phenoxy) is 3. The summed E-state index contributed by atoms with van der Waals surface area (Å²) in [4.78, 5) is 18.1. The third-order valence-corrected chi connectivity index (χ3v) is 7.89. The highest BCUT2D eigenvalue weighted by Gasteiger charge is 2.36. The molecule has 8 nitrogen and oxygen atoms in total. The van der Waals surface area contributed by atoms with E-state index in [0.717, 1.165) is 36.1 Å². The Balaban J connectivity index is 1.73. The van der Waals surface area contributed by atoms with E-state index in [1.165, 1.54) is 5.56 Å². The lowest BCUT2D eigenvalue weighted by Crippen LogP contribution is -2.30. The number of rotatable bonds is 12. The fourth-order valence-corrected chi connectivity index (χ4v) is 5.60. The highest BCUT2D eigenvalue weighted by molar-refractivity contribution is 9.10. The van der Waals surface area contributed by atoms with Gasteiger partial charge in [-0.05, 0) is 65.9 Å². The number of halogens is 1. The number of nitrogens with one attached hydrogen (secondary N) is 1. The van der Waals surface area contributed by atoms with Gasteiger partial charge in [-0.15, -0.1) is 5.10 Å². The number of unbranched alkanes of at least 4 members (excludes halogenated alkanes) is 1. The minimum atomic E-state index is -0.560. The lowest BCUT2D eigenvalue weighted by atomic mass is 9.95. The van der Waals surface area contributed by atoms with E-state index in [0.29, 0.717) is 51.6 Å². The standard InChI is InChI=1S/C29H35BrN4O4S/c1-6-8-12-37-27(35)24-19(4)31-28-32-29(39-13-7-2)33-34(28)25(24)21-15-22(30)26(23(16-21)36-5)38-17-20-11-9-10-18(3)14-20/h9-11,14-16,25H,6-8,12-13,17H2,1-5H3,(H,31,32,33). The molecule has 208 valence electrons. The molecule has 1 aromatic heterocycles. The van der Waals surface area contributed by atoms with Crippen molar-refractivity contribution in [3.63, 3.8) is 0 Å². The second-order valence-corrected chi connectivity index (χ2v) is 11.3. The molecule has 0 saturated heterocycles. The lowest BCUT2D eigenvalue weighted by Gasteiger charge is -2.29. The molecule has 2 heterocycles. The number of allylic oxidation sites excluding steroid dienone is 1. The summed E-state index contributed by atoms with van der Waals surface area (Å²) in [6, 6.07) is 11.5. The number of carbonyl (C=O) groups excluding carboxylic acids is 1. The Labute approximate surface area is 242 Å². The van der Waals surface area contributed by atoms with E-state index in [-0.39, 0.29) is 5.97 Å². The fraction of sp³-hybridized carbons (Fsp3) is 0.414. The number of fused-ring (bicyclic) bond motifs is 1. The third-order valence-electron chi connectivity index (χ3n) is 6.25. The van der Waals surface area contributed by atoms with Gasteiger partial charge in [0.15, 0.2) is 11.5 Å². The molecule has 1 unspecified atom stereocenters. The maximum Gasteiger partial charge on any atom is 0.338 e. The number of hydrogen-bond donors (Lipinski definition) is 1. The van der Waals surface area contributed by atoms with Gasteiger partial charge in [0, 0.05) is 11.4 Å². The van der Waals surface area contributed by atoms with E-state index in [4.69, 9.17) is 19.3 Å². The van der Waals surface area contributed by atoms with Crippen LogP contribution in [0.4, 0.5) is 5.95 Å². The van der Waals surface area contributed by atoms with Crippen molar-refractivity contribution in [1.29, 1.82) is 0 Å². The van der Waals surface area contributed by atoms with E-state index >= 15 is 0 Å². The number of carbonyl (C=O) groups is 1. The average Bonchev–Trinajstić information content (AvgIpc) is 3.32. The van der Waals surface area contributed by atoms with Crippen LogP contribution in [0.3, 0.4) is 0 Å². The maximum atomic E-state index is 13.4. The molecular formula is C29H35BrN4O4S. The summed E-state index contributed by atoms with van der Waals surface area (Å²) < 4.78 is 20.1. The zero-order chi connectivity index (χ0) is 27.9. The normalized spacial score (nSPS) is 14.6. The van der Waals surface area contributed by atoms with Gasteiger partial charge in [-0.2, -0.15) is 4.98 Å². The minimum Gasteiger partial charge on any atom is -0.493 e. The molecule has 0 bridgehead atoms. The van der Waals surface area contributed by atoms with E-state index in [9.17, 15) is 4.79 Å². The number of nitrogens with zero attached hydrogens (tertiary/aromatic N) is 3. The zero-order valence-electron chi connectivity index (χ0n) is 23.0. The van der Waals surface area contributed by atoms with Crippen molar-refractivity contribution in [1.82, 2.24) is 14.8 Å². The van der Waals surface area contributed by atoms with Gasteiger partial charge in [-0.25, -0.2) is 9.48 Å². The lowest BCUT2D eigenvalue weighted by molar-refractivity contribution is -0.139. The van der Waals surface area contributed by atoms with Gasteiger partial charge >= 0.3 is 5.97 Å². The molecule has 1 aliphatic rings. The molecule has 0 fully saturated rings. The van der Waals surface area contributed by atoms with Crippen LogP contribution in [-0.4, -0.2) is 40.2 Å². The van der Waals surface area contributed by atoms with Crippen LogP contribution >= 0.6 is 27.7 Å². The molecule has 0 amide bonds. The van der Waals surface area contributed by atoms with Crippen LogP contribution < -0.4 is 14.8 Å². The summed E-state index contributed by atoms with van der Waals surface area (Å²) in [7, 11) is 1.61. The molecular weight excluding hydrogens is 580 g/mol. The third kappa shape index (κ3) is 6.78. The Morgan fingerprint density at radius 2 is 2.00 bits per heavy atom. The molecule has 39 heavy (non-hydrogen) atoms. The van der Waals surface area contributed by atoms with Crippen molar-refractivity contribution in [2.24, 2.45) is 0 Å². The number of thioether (sulfide) groups is 1. The van der Waals surface area contributed by atoms with Crippen molar-refractivity contribution in [3.8, 4) is 11.5 Å². The molecule has 1 aliphatic heterocycles. The van der Waals surface area contributed by atoms with E-state index in [1.54, 1.807) is 23.6 Å². The Morgan fingerprint density at radius 3 is 2.72 bits per heavy atom. The summed E-state index contributed by atoms with van der Waals surface area (Å²) in [5, 5.41) is 8.70. The number of esters is 1. The number of aromatic nitrogens is 3. The smallest absolute Gasteiger partial charge is 0.338 e. The van der Waals surface area contributed by atoms with Gasteiger partial charge in [0.05, 0.1) is 23.8 Å². The number of methoxy groups -OCH3 is 1. The van der Waals surface area contributed by atoms with Crippen molar-refractivity contribution in [2.45, 2.75) is 64.8 Å². The Kier molecular flexibility index (Phi) is 9.96. The van der Waals surface area contributed by atoms with Crippen LogP contribution in [0, 0.1) is 6.92 Å². The zero-order valence-corrected chi connectivity index (χ0v) is 25.4. The largest absolute Gasteiger partial charge is 0.493 e. The quantitative estimate of drug-likeness (QED) is 0.132. The van der Waals surface area contributed by atoms with E-state index < -0.39 is 6.04 Å². The van der Waals surface area contributed by atoms with Crippen LogP contribution in [0.15, 0.2) is 57.3 Å². The van der Waals surface area contributed by atoms with Crippen molar-refractivity contribution < 1.29 is 19.0 Å². The van der Waals surface area contributed by atoms with Crippen LogP contribution in [0.2, 0.25) is 0 Å². The first-order valence-corrected chi connectivity index (χ1v) is 14.9. The van der Waals surface area contributed by atoms with Crippen molar-refractivity contribution in [3.05, 3.63) is 68.8 Å². The van der Waals surface area contributed by atoms with Gasteiger partial charge in [0.25, 0.3) is 0 Å². The molecule has 3 aromatic rings. The first-order valence-electron chi connectivity index (χ1n) is 13.2. The molecule has 2 aromatic carbocycles. The fourth-order valence-electron chi connectivity index (χ4n) is 4.34. The molecule has 0 saturated carbocycles. The molecule has 1 N–H and O–H groups in total. The molecule has 0 spiro atoms. The monoisotopic (exact) mass is 614 g/mol. The van der Waals surface area contributed by atoms with Gasteiger partial charge in [0.2, 0.25) is 11.1 Å². The number of anilines is 1. The number of aryl methyl sites for hydroxylation is 1.